The lowest BCUT2D eigenvalue weighted by Gasteiger charge is -2.22. The zero-order valence-corrected chi connectivity index (χ0v) is 13.0. The second kappa shape index (κ2) is 5.13. The molecule has 4 rings (SSSR count). The molecule has 0 bridgehead atoms. The Balaban J connectivity index is 1.61. The predicted octanol–water partition coefficient (Wildman–Crippen LogP) is 3.42. The Hall–Kier alpha value is -2.36. The molecule has 1 saturated heterocycles. The highest BCUT2D eigenvalue weighted by molar-refractivity contribution is 5.49. The van der Waals surface area contributed by atoms with E-state index in [0.717, 1.165) is 18.0 Å². The van der Waals surface area contributed by atoms with Gasteiger partial charge in [0.2, 0.25) is 0 Å². The normalized spacial score (nSPS) is 21.6. The average Bonchev–Trinajstić information content (AvgIpc) is 3.13. The number of fused-ring (bicyclic) bond motifs is 1. The first kappa shape index (κ1) is 13.3. The number of anilines is 1. The highest BCUT2D eigenvalue weighted by Crippen LogP contribution is 2.34. The van der Waals surface area contributed by atoms with E-state index in [1.165, 1.54) is 17.5 Å². The van der Waals surface area contributed by atoms with Gasteiger partial charge in [0.25, 0.3) is 0 Å². The largest absolute Gasteiger partial charge is 0.353 e. The molecule has 1 fully saturated rings. The molecule has 2 unspecified atom stereocenters. The number of rotatable bonds is 2. The van der Waals surface area contributed by atoms with Crippen molar-refractivity contribution in [3.8, 4) is 0 Å². The standard InChI is InChI=1S/C18H20N4/c1-13-3-5-15(6-4-13)16-11-14(2)21(12-16)17-8-10-22-18(20-17)7-9-19-22/h3-10,14,16H,11-12H2,1-2H3. The molecule has 3 heterocycles. The van der Waals surface area contributed by atoms with Crippen LogP contribution in [-0.4, -0.2) is 27.2 Å². The SMILES string of the molecule is Cc1ccc(C2CC(C)N(c3ccn4nccc4n3)C2)cc1. The van der Waals surface area contributed by atoms with Crippen molar-refractivity contribution < 1.29 is 0 Å². The second-order valence-corrected chi connectivity index (χ2v) is 6.26. The summed E-state index contributed by atoms with van der Waals surface area (Å²) >= 11 is 0. The average molecular weight is 292 g/mol. The number of hydrogen-bond acceptors (Lipinski definition) is 3. The number of aryl methyl sites for hydroxylation is 1. The van der Waals surface area contributed by atoms with Crippen LogP contribution in [0.15, 0.2) is 48.8 Å². The topological polar surface area (TPSA) is 33.4 Å². The molecular formula is C18H20N4. The van der Waals surface area contributed by atoms with E-state index in [1.54, 1.807) is 6.20 Å². The fourth-order valence-electron chi connectivity index (χ4n) is 3.39. The molecule has 3 aromatic rings. The van der Waals surface area contributed by atoms with Crippen LogP contribution in [0.2, 0.25) is 0 Å². The highest BCUT2D eigenvalue weighted by Gasteiger charge is 2.30. The van der Waals surface area contributed by atoms with Gasteiger partial charge in [-0.1, -0.05) is 29.8 Å². The maximum absolute atomic E-state index is 4.74. The zero-order valence-electron chi connectivity index (χ0n) is 13.0. The maximum atomic E-state index is 4.74. The Bertz CT molecular complexity index is 790. The number of aromatic nitrogens is 3. The van der Waals surface area contributed by atoms with Crippen molar-refractivity contribution in [2.45, 2.75) is 32.2 Å². The van der Waals surface area contributed by atoms with Crippen molar-refractivity contribution in [1.82, 2.24) is 14.6 Å². The molecule has 0 N–H and O–H groups in total. The summed E-state index contributed by atoms with van der Waals surface area (Å²) in [6.07, 6.45) is 4.95. The van der Waals surface area contributed by atoms with E-state index < -0.39 is 0 Å². The van der Waals surface area contributed by atoms with Crippen molar-refractivity contribution in [3.63, 3.8) is 0 Å². The van der Waals surface area contributed by atoms with Crippen molar-refractivity contribution in [3.05, 3.63) is 59.9 Å². The van der Waals surface area contributed by atoms with Gasteiger partial charge in [-0.2, -0.15) is 5.10 Å². The van der Waals surface area contributed by atoms with Gasteiger partial charge >= 0.3 is 0 Å². The van der Waals surface area contributed by atoms with Gasteiger partial charge in [-0.25, -0.2) is 9.50 Å². The van der Waals surface area contributed by atoms with Gasteiger partial charge in [-0.15, -0.1) is 0 Å². The Morgan fingerprint density at radius 1 is 1.09 bits per heavy atom. The van der Waals surface area contributed by atoms with E-state index in [4.69, 9.17) is 4.98 Å². The van der Waals surface area contributed by atoms with Gasteiger partial charge in [-0.3, -0.25) is 0 Å². The van der Waals surface area contributed by atoms with Crippen LogP contribution in [0.3, 0.4) is 0 Å². The summed E-state index contributed by atoms with van der Waals surface area (Å²) < 4.78 is 1.81. The molecule has 0 amide bonds. The molecular weight excluding hydrogens is 272 g/mol. The minimum atomic E-state index is 0.504. The molecule has 4 nitrogen and oxygen atoms in total. The van der Waals surface area contributed by atoms with Crippen LogP contribution in [0.4, 0.5) is 5.82 Å². The van der Waals surface area contributed by atoms with Crippen LogP contribution >= 0.6 is 0 Å². The van der Waals surface area contributed by atoms with Gasteiger partial charge in [0.1, 0.15) is 5.82 Å². The highest BCUT2D eigenvalue weighted by atomic mass is 15.3. The summed E-state index contributed by atoms with van der Waals surface area (Å²) in [6, 6.07) is 13.5. The molecule has 0 aliphatic carbocycles. The Kier molecular flexibility index (Phi) is 3.10. The molecule has 112 valence electrons. The van der Waals surface area contributed by atoms with E-state index in [0.29, 0.717) is 12.0 Å². The quantitative estimate of drug-likeness (QED) is 0.725. The first-order valence-corrected chi connectivity index (χ1v) is 7.84. The molecule has 2 atom stereocenters. The first-order valence-electron chi connectivity index (χ1n) is 7.84. The fraction of sp³-hybridized carbons (Fsp3) is 0.333. The minimum Gasteiger partial charge on any atom is -0.353 e. The van der Waals surface area contributed by atoms with E-state index >= 15 is 0 Å². The van der Waals surface area contributed by atoms with Crippen LogP contribution in [-0.2, 0) is 0 Å². The van der Waals surface area contributed by atoms with E-state index in [2.05, 4.69) is 54.2 Å². The minimum absolute atomic E-state index is 0.504. The van der Waals surface area contributed by atoms with Gasteiger partial charge in [0.05, 0.1) is 6.20 Å². The fourth-order valence-corrected chi connectivity index (χ4v) is 3.39. The molecule has 4 heteroatoms. The monoisotopic (exact) mass is 292 g/mol. The molecule has 0 spiro atoms. The van der Waals surface area contributed by atoms with Gasteiger partial charge in [0.15, 0.2) is 5.65 Å². The van der Waals surface area contributed by atoms with Crippen LogP contribution in [0.1, 0.15) is 30.4 Å². The third-order valence-corrected chi connectivity index (χ3v) is 4.66. The molecule has 1 aliphatic heterocycles. The molecule has 0 saturated carbocycles. The summed E-state index contributed by atoms with van der Waals surface area (Å²) in [5.41, 5.74) is 3.66. The van der Waals surface area contributed by atoms with Crippen molar-refractivity contribution >= 4 is 11.5 Å². The lowest BCUT2D eigenvalue weighted by Crippen LogP contribution is -2.27. The first-order chi connectivity index (χ1) is 10.7. The Morgan fingerprint density at radius 2 is 1.91 bits per heavy atom. The molecule has 0 radical (unpaired) electrons. The number of nitrogens with zero attached hydrogens (tertiary/aromatic N) is 4. The summed E-state index contributed by atoms with van der Waals surface area (Å²) in [5, 5.41) is 4.21. The smallest absolute Gasteiger partial charge is 0.157 e. The van der Waals surface area contributed by atoms with E-state index in [1.807, 2.05) is 16.8 Å². The third kappa shape index (κ3) is 2.25. The summed E-state index contributed by atoms with van der Waals surface area (Å²) in [4.78, 5) is 7.15. The number of hydrogen-bond donors (Lipinski definition) is 0. The maximum Gasteiger partial charge on any atom is 0.157 e. The van der Waals surface area contributed by atoms with Gasteiger partial charge < -0.3 is 4.90 Å². The lowest BCUT2D eigenvalue weighted by atomic mass is 9.96. The summed E-state index contributed by atoms with van der Waals surface area (Å²) in [5.74, 6) is 1.63. The van der Waals surface area contributed by atoms with Gasteiger partial charge in [0, 0.05) is 30.8 Å². The summed E-state index contributed by atoms with van der Waals surface area (Å²) in [6.45, 7) is 5.45. The molecule has 1 aliphatic rings. The second-order valence-electron chi connectivity index (χ2n) is 6.26. The van der Waals surface area contributed by atoms with Crippen molar-refractivity contribution in [2.24, 2.45) is 0 Å². The molecule has 1 aromatic carbocycles. The van der Waals surface area contributed by atoms with Crippen molar-refractivity contribution in [1.29, 1.82) is 0 Å². The van der Waals surface area contributed by atoms with Crippen LogP contribution in [0, 0.1) is 6.92 Å². The van der Waals surface area contributed by atoms with Crippen LogP contribution in [0.5, 0.6) is 0 Å². The van der Waals surface area contributed by atoms with E-state index in [9.17, 15) is 0 Å². The van der Waals surface area contributed by atoms with E-state index in [-0.39, 0.29) is 0 Å². The Morgan fingerprint density at radius 3 is 2.73 bits per heavy atom. The molecule has 22 heavy (non-hydrogen) atoms. The molecule has 2 aromatic heterocycles. The van der Waals surface area contributed by atoms with Gasteiger partial charge in [-0.05, 0) is 31.9 Å². The number of benzene rings is 1. The summed E-state index contributed by atoms with van der Waals surface area (Å²) in [7, 11) is 0. The zero-order chi connectivity index (χ0) is 15.1. The predicted molar refractivity (Wildman–Crippen MR) is 88.3 cm³/mol. The lowest BCUT2D eigenvalue weighted by molar-refractivity contribution is 0.696. The Labute approximate surface area is 130 Å². The third-order valence-electron chi connectivity index (χ3n) is 4.66. The van der Waals surface area contributed by atoms with Crippen LogP contribution in [0.25, 0.3) is 5.65 Å². The van der Waals surface area contributed by atoms with Crippen molar-refractivity contribution in [2.75, 3.05) is 11.4 Å². The van der Waals surface area contributed by atoms with Crippen LogP contribution < -0.4 is 4.90 Å².